The van der Waals surface area contributed by atoms with Gasteiger partial charge in [-0.1, -0.05) is 60.7 Å². The SMILES string of the molecule is NC(=O)C(C(=O)c1ccccc1)=C(N)c1ccccc1. The normalized spacial score (nSPS) is 11.6. The zero-order valence-electron chi connectivity index (χ0n) is 10.7. The zero-order valence-corrected chi connectivity index (χ0v) is 10.7. The lowest BCUT2D eigenvalue weighted by molar-refractivity contribution is -0.114. The average molecular weight is 266 g/mol. The van der Waals surface area contributed by atoms with Gasteiger partial charge in [-0.15, -0.1) is 0 Å². The van der Waals surface area contributed by atoms with Gasteiger partial charge in [-0.2, -0.15) is 0 Å². The van der Waals surface area contributed by atoms with Crippen LogP contribution in [-0.2, 0) is 4.79 Å². The summed E-state index contributed by atoms with van der Waals surface area (Å²) in [7, 11) is 0. The fourth-order valence-corrected chi connectivity index (χ4v) is 1.86. The molecule has 100 valence electrons. The second-order valence-electron chi connectivity index (χ2n) is 4.21. The molecule has 0 saturated carbocycles. The molecule has 2 aromatic rings. The number of hydrogen-bond acceptors (Lipinski definition) is 3. The second-order valence-corrected chi connectivity index (χ2v) is 4.21. The lowest BCUT2D eigenvalue weighted by Gasteiger charge is -2.08. The molecule has 0 heterocycles. The minimum absolute atomic E-state index is 0.0898. The van der Waals surface area contributed by atoms with Gasteiger partial charge in [-0.3, -0.25) is 9.59 Å². The Kier molecular flexibility index (Phi) is 3.96. The number of hydrogen-bond donors (Lipinski definition) is 2. The number of carbonyl (C=O) groups excluding carboxylic acids is 2. The Morgan fingerprint density at radius 2 is 1.15 bits per heavy atom. The van der Waals surface area contributed by atoms with Crippen molar-refractivity contribution in [1.82, 2.24) is 0 Å². The van der Waals surface area contributed by atoms with Crippen LogP contribution in [-0.4, -0.2) is 11.7 Å². The minimum atomic E-state index is -0.833. The maximum Gasteiger partial charge on any atom is 0.254 e. The largest absolute Gasteiger partial charge is 0.397 e. The highest BCUT2D eigenvalue weighted by Crippen LogP contribution is 2.17. The van der Waals surface area contributed by atoms with E-state index in [2.05, 4.69) is 0 Å². The van der Waals surface area contributed by atoms with Crippen LogP contribution in [0.2, 0.25) is 0 Å². The molecule has 2 rings (SSSR count). The maximum atomic E-state index is 12.4. The summed E-state index contributed by atoms with van der Waals surface area (Å²) >= 11 is 0. The molecular weight excluding hydrogens is 252 g/mol. The van der Waals surface area contributed by atoms with Crippen LogP contribution in [0.5, 0.6) is 0 Å². The summed E-state index contributed by atoms with van der Waals surface area (Å²) in [5.74, 6) is -1.31. The smallest absolute Gasteiger partial charge is 0.254 e. The van der Waals surface area contributed by atoms with Gasteiger partial charge in [0.05, 0.1) is 5.70 Å². The van der Waals surface area contributed by atoms with Crippen molar-refractivity contribution >= 4 is 17.4 Å². The van der Waals surface area contributed by atoms with Crippen molar-refractivity contribution in [3.8, 4) is 0 Å². The van der Waals surface area contributed by atoms with E-state index < -0.39 is 11.7 Å². The van der Waals surface area contributed by atoms with Crippen LogP contribution < -0.4 is 11.5 Å². The number of amides is 1. The summed E-state index contributed by atoms with van der Waals surface area (Å²) in [6.45, 7) is 0. The standard InChI is InChI=1S/C16H14N2O2/c17-14(11-7-3-1-4-8-11)13(16(18)20)15(19)12-9-5-2-6-10-12/h1-10H,17H2,(H2,18,20). The van der Waals surface area contributed by atoms with Gasteiger partial charge < -0.3 is 11.5 Å². The molecular formula is C16H14N2O2. The molecule has 2 aromatic carbocycles. The van der Waals surface area contributed by atoms with Crippen molar-refractivity contribution in [3.63, 3.8) is 0 Å². The molecule has 0 aliphatic carbocycles. The fourth-order valence-electron chi connectivity index (χ4n) is 1.86. The summed E-state index contributed by atoms with van der Waals surface area (Å²) in [5, 5.41) is 0. The number of benzene rings is 2. The number of primary amides is 1. The monoisotopic (exact) mass is 266 g/mol. The molecule has 1 amide bonds. The van der Waals surface area contributed by atoms with Crippen molar-refractivity contribution in [2.75, 3.05) is 0 Å². The molecule has 4 N–H and O–H groups in total. The number of nitrogens with two attached hydrogens (primary N) is 2. The van der Waals surface area contributed by atoms with Gasteiger partial charge in [-0.25, -0.2) is 0 Å². The molecule has 0 saturated heterocycles. The van der Waals surface area contributed by atoms with Crippen LogP contribution in [0.25, 0.3) is 5.70 Å². The number of ketones is 1. The molecule has 0 aromatic heterocycles. The summed E-state index contributed by atoms with van der Waals surface area (Å²) in [4.78, 5) is 24.0. The van der Waals surface area contributed by atoms with Gasteiger partial charge in [0, 0.05) is 5.56 Å². The lowest BCUT2D eigenvalue weighted by atomic mass is 9.98. The molecule has 0 spiro atoms. The van der Waals surface area contributed by atoms with Crippen LogP contribution in [0.4, 0.5) is 0 Å². The quantitative estimate of drug-likeness (QED) is 0.382. The van der Waals surface area contributed by atoms with Crippen LogP contribution in [0.15, 0.2) is 66.2 Å². The predicted octanol–water partition coefficient (Wildman–Crippen LogP) is 1.72. The van der Waals surface area contributed by atoms with Gasteiger partial charge >= 0.3 is 0 Å². The van der Waals surface area contributed by atoms with Gasteiger partial charge in [0.25, 0.3) is 5.91 Å². The zero-order chi connectivity index (χ0) is 14.5. The molecule has 0 atom stereocenters. The summed E-state index contributed by atoms with van der Waals surface area (Å²) < 4.78 is 0. The predicted molar refractivity (Wildman–Crippen MR) is 77.5 cm³/mol. The van der Waals surface area contributed by atoms with Crippen LogP contribution >= 0.6 is 0 Å². The van der Waals surface area contributed by atoms with Crippen molar-refractivity contribution in [3.05, 3.63) is 77.4 Å². The van der Waals surface area contributed by atoms with Crippen molar-refractivity contribution in [2.45, 2.75) is 0 Å². The van der Waals surface area contributed by atoms with E-state index in [4.69, 9.17) is 11.5 Å². The Balaban J connectivity index is 2.53. The first-order valence-electron chi connectivity index (χ1n) is 6.06. The number of Topliss-reactive ketones (excluding diaryl/α,β-unsaturated/α-hetero) is 1. The van der Waals surface area contributed by atoms with E-state index in [9.17, 15) is 9.59 Å². The highest BCUT2D eigenvalue weighted by molar-refractivity contribution is 6.29. The molecule has 20 heavy (non-hydrogen) atoms. The third-order valence-electron chi connectivity index (χ3n) is 2.86. The first-order valence-corrected chi connectivity index (χ1v) is 6.06. The Labute approximate surface area is 116 Å². The van der Waals surface area contributed by atoms with E-state index >= 15 is 0 Å². The Morgan fingerprint density at radius 3 is 1.60 bits per heavy atom. The topological polar surface area (TPSA) is 86.2 Å². The van der Waals surface area contributed by atoms with E-state index in [0.29, 0.717) is 11.1 Å². The van der Waals surface area contributed by atoms with Crippen LogP contribution in [0.3, 0.4) is 0 Å². The summed E-state index contributed by atoms with van der Waals surface area (Å²) in [6.07, 6.45) is 0. The van der Waals surface area contributed by atoms with Gasteiger partial charge in [0.1, 0.15) is 5.57 Å². The molecule has 0 unspecified atom stereocenters. The van der Waals surface area contributed by atoms with Gasteiger partial charge in [-0.05, 0) is 5.56 Å². The highest BCUT2D eigenvalue weighted by Gasteiger charge is 2.21. The second kappa shape index (κ2) is 5.84. The molecule has 0 fully saturated rings. The summed E-state index contributed by atoms with van der Waals surface area (Å²) in [5.41, 5.74) is 12.1. The third-order valence-corrected chi connectivity index (χ3v) is 2.86. The third kappa shape index (κ3) is 2.75. The van der Waals surface area contributed by atoms with E-state index in [0.717, 1.165) is 0 Å². The first kappa shape index (κ1) is 13.5. The number of rotatable bonds is 4. The van der Waals surface area contributed by atoms with Crippen molar-refractivity contribution in [2.24, 2.45) is 11.5 Å². The molecule has 0 aliphatic heterocycles. The molecule has 0 aliphatic rings. The molecule has 0 bridgehead atoms. The average Bonchev–Trinajstić information content (AvgIpc) is 2.48. The Bertz CT molecular complexity index is 661. The van der Waals surface area contributed by atoms with Crippen LogP contribution in [0.1, 0.15) is 15.9 Å². The minimum Gasteiger partial charge on any atom is -0.397 e. The maximum absolute atomic E-state index is 12.4. The molecule has 4 nitrogen and oxygen atoms in total. The van der Waals surface area contributed by atoms with Gasteiger partial charge in [0.2, 0.25) is 5.78 Å². The van der Waals surface area contributed by atoms with E-state index in [-0.39, 0.29) is 11.3 Å². The lowest BCUT2D eigenvalue weighted by Crippen LogP contribution is -2.24. The van der Waals surface area contributed by atoms with Crippen molar-refractivity contribution < 1.29 is 9.59 Å². The number of carbonyl (C=O) groups is 2. The van der Waals surface area contributed by atoms with Crippen molar-refractivity contribution in [1.29, 1.82) is 0 Å². The van der Waals surface area contributed by atoms with Gasteiger partial charge in [0.15, 0.2) is 0 Å². The first-order chi connectivity index (χ1) is 9.61. The summed E-state index contributed by atoms with van der Waals surface area (Å²) in [6, 6.07) is 17.2. The van der Waals surface area contributed by atoms with E-state index in [1.165, 1.54) is 0 Å². The highest BCUT2D eigenvalue weighted by atomic mass is 16.2. The Hall–Kier alpha value is -2.88. The van der Waals surface area contributed by atoms with E-state index in [1.54, 1.807) is 54.6 Å². The molecule has 4 heteroatoms. The fraction of sp³-hybridized carbons (Fsp3) is 0. The van der Waals surface area contributed by atoms with Crippen LogP contribution in [0, 0.1) is 0 Å². The Morgan fingerprint density at radius 1 is 0.700 bits per heavy atom. The van der Waals surface area contributed by atoms with E-state index in [1.807, 2.05) is 6.07 Å². The molecule has 0 radical (unpaired) electrons.